The van der Waals surface area contributed by atoms with Crippen LogP contribution < -0.4 is 9.47 Å². The summed E-state index contributed by atoms with van der Waals surface area (Å²) < 4.78 is 21.7. The molecule has 0 radical (unpaired) electrons. The zero-order valence-electron chi connectivity index (χ0n) is 25.6. The quantitative estimate of drug-likeness (QED) is 0.0909. The molecule has 0 aromatic heterocycles. The van der Waals surface area contributed by atoms with E-state index in [1.807, 2.05) is 13.0 Å². The maximum Gasteiger partial charge on any atom is 0.338 e. The molecule has 0 saturated heterocycles. The molecule has 0 atom stereocenters. The minimum atomic E-state index is -0.758. The third-order valence-electron chi connectivity index (χ3n) is 8.07. The van der Waals surface area contributed by atoms with Crippen molar-refractivity contribution < 1.29 is 38.7 Å². The lowest BCUT2D eigenvalue weighted by Crippen LogP contribution is -2.15. The average molecular weight is 595 g/mol. The second-order valence-corrected chi connectivity index (χ2v) is 11.0. The van der Waals surface area contributed by atoms with Crippen molar-refractivity contribution in [2.75, 3.05) is 26.8 Å². The molecular weight excluding hydrogens is 548 g/mol. The first-order valence-corrected chi connectivity index (χ1v) is 15.2. The van der Waals surface area contributed by atoms with Crippen LogP contribution in [0.3, 0.4) is 0 Å². The standard InChI is InChI=1S/C35H46O8/c1-5-7-8-9-26-10-12-27(13-11-26)28-14-16-29(17-15-28)32-18-30(40-22-42-34(38)24(3)20-36)19-33(31(32)6-2)41-23-43-35(39)25(4)21-37/h14-19,26-27,36-37H,3-13,20-23H2,1-2H3. The number of aliphatic hydroxyl groups is 2. The van der Waals surface area contributed by atoms with Gasteiger partial charge in [-0.05, 0) is 66.7 Å². The predicted octanol–water partition coefficient (Wildman–Crippen LogP) is 6.63. The molecule has 3 rings (SSSR count). The molecule has 8 heteroatoms. The Hall–Kier alpha value is -3.62. The maximum absolute atomic E-state index is 11.9. The van der Waals surface area contributed by atoms with Crippen LogP contribution in [0.4, 0.5) is 0 Å². The van der Waals surface area contributed by atoms with Crippen LogP contribution >= 0.6 is 0 Å². The lowest BCUT2D eigenvalue weighted by molar-refractivity contribution is -0.146. The molecule has 0 heterocycles. The summed E-state index contributed by atoms with van der Waals surface area (Å²) in [6.07, 6.45) is 11.0. The Balaban J connectivity index is 1.79. The molecule has 2 aromatic rings. The SMILES string of the molecule is C=C(CO)C(=O)OCOc1cc(OCOC(=O)C(=C)CO)c(CC)c(-c2ccc(C3CCC(CCCCC)CC3)cc2)c1. The summed E-state index contributed by atoms with van der Waals surface area (Å²) in [5.74, 6) is 0.732. The number of unbranched alkanes of at least 4 members (excludes halogenated alkanes) is 2. The van der Waals surface area contributed by atoms with Gasteiger partial charge in [0.25, 0.3) is 0 Å². The number of carbonyl (C=O) groups is 2. The first-order chi connectivity index (χ1) is 20.8. The first-order valence-electron chi connectivity index (χ1n) is 15.2. The summed E-state index contributed by atoms with van der Waals surface area (Å²) in [6, 6.07) is 12.1. The minimum absolute atomic E-state index is 0.0755. The van der Waals surface area contributed by atoms with Crippen molar-refractivity contribution in [1.29, 1.82) is 0 Å². The molecule has 1 fully saturated rings. The monoisotopic (exact) mass is 594 g/mol. The molecule has 1 aliphatic carbocycles. The second kappa shape index (κ2) is 17.5. The summed E-state index contributed by atoms with van der Waals surface area (Å²) in [5.41, 5.74) is 3.93. The summed E-state index contributed by atoms with van der Waals surface area (Å²) in [5, 5.41) is 18.2. The summed E-state index contributed by atoms with van der Waals surface area (Å²) in [6.45, 7) is 9.37. The fraction of sp³-hybridized carbons (Fsp3) is 0.486. The van der Waals surface area contributed by atoms with Crippen LogP contribution in [0.15, 0.2) is 60.7 Å². The summed E-state index contributed by atoms with van der Waals surface area (Å²) in [4.78, 5) is 23.8. The molecule has 0 bridgehead atoms. The van der Waals surface area contributed by atoms with Crippen molar-refractivity contribution in [1.82, 2.24) is 0 Å². The van der Waals surface area contributed by atoms with Gasteiger partial charge in [0.05, 0.1) is 24.4 Å². The number of aliphatic hydroxyl groups excluding tert-OH is 2. The Morgan fingerprint density at radius 1 is 0.837 bits per heavy atom. The van der Waals surface area contributed by atoms with Gasteiger partial charge in [0.2, 0.25) is 13.6 Å². The van der Waals surface area contributed by atoms with Crippen molar-refractivity contribution in [3.63, 3.8) is 0 Å². The molecule has 0 aliphatic heterocycles. The summed E-state index contributed by atoms with van der Waals surface area (Å²) >= 11 is 0. The topological polar surface area (TPSA) is 112 Å². The Labute approximate surface area is 255 Å². The highest BCUT2D eigenvalue weighted by Gasteiger charge is 2.22. The molecule has 1 saturated carbocycles. The van der Waals surface area contributed by atoms with Gasteiger partial charge in [-0.3, -0.25) is 0 Å². The third-order valence-corrected chi connectivity index (χ3v) is 8.07. The highest BCUT2D eigenvalue weighted by atomic mass is 16.7. The molecule has 0 spiro atoms. The van der Waals surface area contributed by atoms with E-state index in [9.17, 15) is 9.59 Å². The fourth-order valence-electron chi connectivity index (χ4n) is 5.49. The highest BCUT2D eigenvalue weighted by molar-refractivity contribution is 5.88. The number of ether oxygens (including phenoxy) is 4. The van der Waals surface area contributed by atoms with E-state index in [1.165, 1.54) is 56.9 Å². The lowest BCUT2D eigenvalue weighted by Gasteiger charge is -2.29. The number of hydrogen-bond acceptors (Lipinski definition) is 8. The van der Waals surface area contributed by atoms with E-state index in [0.717, 1.165) is 22.6 Å². The molecule has 8 nitrogen and oxygen atoms in total. The van der Waals surface area contributed by atoms with E-state index < -0.39 is 31.9 Å². The molecule has 43 heavy (non-hydrogen) atoms. The third kappa shape index (κ3) is 9.97. The van der Waals surface area contributed by atoms with E-state index in [1.54, 1.807) is 6.07 Å². The molecular formula is C35H46O8. The number of hydrogen-bond donors (Lipinski definition) is 2. The van der Waals surface area contributed by atoms with Gasteiger partial charge in [-0.25, -0.2) is 9.59 Å². The minimum Gasteiger partial charge on any atom is -0.457 e. The first kappa shape index (κ1) is 33.9. The largest absolute Gasteiger partial charge is 0.457 e. The van der Waals surface area contributed by atoms with Gasteiger partial charge in [0.15, 0.2) is 0 Å². The van der Waals surface area contributed by atoms with E-state index in [-0.39, 0.29) is 17.9 Å². The van der Waals surface area contributed by atoms with Crippen molar-refractivity contribution in [3.05, 3.63) is 71.8 Å². The van der Waals surface area contributed by atoms with Gasteiger partial charge in [0, 0.05) is 11.6 Å². The Morgan fingerprint density at radius 2 is 1.44 bits per heavy atom. The van der Waals surface area contributed by atoms with Gasteiger partial charge < -0.3 is 29.2 Å². The van der Waals surface area contributed by atoms with Crippen molar-refractivity contribution >= 4 is 11.9 Å². The Kier molecular flexibility index (Phi) is 13.8. The number of esters is 2. The van der Waals surface area contributed by atoms with Crippen LogP contribution in [-0.2, 0) is 25.5 Å². The van der Waals surface area contributed by atoms with Gasteiger partial charge in [-0.2, -0.15) is 0 Å². The molecule has 1 aliphatic rings. The van der Waals surface area contributed by atoms with E-state index in [4.69, 9.17) is 29.2 Å². The van der Waals surface area contributed by atoms with Gasteiger partial charge in [0.1, 0.15) is 11.5 Å². The zero-order valence-corrected chi connectivity index (χ0v) is 25.6. The Morgan fingerprint density at radius 3 is 2.00 bits per heavy atom. The summed E-state index contributed by atoms with van der Waals surface area (Å²) in [7, 11) is 0. The van der Waals surface area contributed by atoms with Crippen molar-refractivity contribution in [2.24, 2.45) is 5.92 Å². The van der Waals surface area contributed by atoms with Gasteiger partial charge >= 0.3 is 11.9 Å². The molecule has 0 amide bonds. The normalized spacial score (nSPS) is 16.3. The van der Waals surface area contributed by atoms with E-state index >= 15 is 0 Å². The van der Waals surface area contributed by atoms with Gasteiger partial charge in [-0.1, -0.05) is 77.0 Å². The second-order valence-electron chi connectivity index (χ2n) is 11.0. The Bertz CT molecular complexity index is 1230. The van der Waals surface area contributed by atoms with Crippen LogP contribution in [0.5, 0.6) is 11.5 Å². The van der Waals surface area contributed by atoms with E-state index in [2.05, 4.69) is 44.3 Å². The smallest absolute Gasteiger partial charge is 0.338 e. The van der Waals surface area contributed by atoms with Crippen LogP contribution in [0, 0.1) is 5.92 Å². The van der Waals surface area contributed by atoms with Crippen LogP contribution in [0.2, 0.25) is 0 Å². The average Bonchev–Trinajstić information content (AvgIpc) is 3.04. The fourth-order valence-corrected chi connectivity index (χ4v) is 5.49. The zero-order chi connectivity index (χ0) is 31.2. The molecule has 234 valence electrons. The maximum atomic E-state index is 11.9. The van der Waals surface area contributed by atoms with Crippen LogP contribution in [0.1, 0.15) is 82.3 Å². The molecule has 0 unspecified atom stereocenters. The van der Waals surface area contributed by atoms with Crippen molar-refractivity contribution in [3.8, 4) is 22.6 Å². The highest BCUT2D eigenvalue weighted by Crippen LogP contribution is 2.40. The number of carbonyl (C=O) groups excluding carboxylic acids is 2. The lowest BCUT2D eigenvalue weighted by atomic mass is 9.77. The van der Waals surface area contributed by atoms with E-state index in [0.29, 0.717) is 23.8 Å². The van der Waals surface area contributed by atoms with Crippen LogP contribution in [-0.4, -0.2) is 49.0 Å². The molecule has 2 aromatic carbocycles. The number of rotatable bonds is 17. The van der Waals surface area contributed by atoms with Gasteiger partial charge in [-0.15, -0.1) is 0 Å². The number of benzene rings is 2. The van der Waals surface area contributed by atoms with Crippen molar-refractivity contribution in [2.45, 2.75) is 77.6 Å². The molecule has 2 N–H and O–H groups in total. The predicted molar refractivity (Wildman–Crippen MR) is 166 cm³/mol. The van der Waals surface area contributed by atoms with Crippen LogP contribution in [0.25, 0.3) is 11.1 Å².